The van der Waals surface area contributed by atoms with Gasteiger partial charge in [0, 0.05) is 12.8 Å². The molecule has 162 valence electrons. The molecule has 1 aliphatic heterocycles. The van der Waals surface area contributed by atoms with Crippen molar-refractivity contribution < 1.29 is 24.7 Å². The molecule has 1 rings (SSSR count). The van der Waals surface area contributed by atoms with Crippen molar-refractivity contribution in [1.82, 2.24) is 15.7 Å². The lowest BCUT2D eigenvalue weighted by molar-refractivity contribution is -0.139. The average molecular weight is 400 g/mol. The van der Waals surface area contributed by atoms with Gasteiger partial charge in [0.1, 0.15) is 6.04 Å². The minimum absolute atomic E-state index is 0.0507. The number of aliphatic carboxylic acids is 1. The summed E-state index contributed by atoms with van der Waals surface area (Å²) in [5, 5.41) is 19.9. The first-order valence-corrected chi connectivity index (χ1v) is 10.7. The van der Waals surface area contributed by atoms with E-state index in [1.54, 1.807) is 0 Å². The lowest BCUT2D eigenvalue weighted by Gasteiger charge is -2.26. The number of hydrogen-bond acceptors (Lipinski definition) is 5. The van der Waals surface area contributed by atoms with Gasteiger partial charge in [0.15, 0.2) is 0 Å². The van der Waals surface area contributed by atoms with Crippen LogP contribution in [0.2, 0.25) is 0 Å². The molecule has 8 nitrogen and oxygen atoms in total. The third-order valence-corrected chi connectivity index (χ3v) is 5.24. The zero-order valence-electron chi connectivity index (χ0n) is 17.0. The summed E-state index contributed by atoms with van der Waals surface area (Å²) in [6.07, 6.45) is 11.8. The van der Waals surface area contributed by atoms with E-state index in [1.807, 2.05) is 0 Å². The Bertz CT molecular complexity index is 467. The third-order valence-electron chi connectivity index (χ3n) is 5.24. The molecule has 0 radical (unpaired) electrons. The average Bonchev–Trinajstić information content (AvgIpc) is 2.69. The molecule has 4 N–H and O–H groups in total. The first-order valence-electron chi connectivity index (χ1n) is 10.7. The Kier molecular flexibility index (Phi) is 13.3. The molecule has 1 fully saturated rings. The van der Waals surface area contributed by atoms with Gasteiger partial charge >= 0.3 is 5.97 Å². The third kappa shape index (κ3) is 11.9. The van der Waals surface area contributed by atoms with Crippen molar-refractivity contribution in [2.45, 2.75) is 89.5 Å². The summed E-state index contributed by atoms with van der Waals surface area (Å²) < 4.78 is 0. The number of amides is 2. The van der Waals surface area contributed by atoms with Crippen molar-refractivity contribution in [3.05, 3.63) is 0 Å². The van der Waals surface area contributed by atoms with Crippen LogP contribution in [0, 0.1) is 0 Å². The van der Waals surface area contributed by atoms with E-state index in [0.29, 0.717) is 6.42 Å². The first kappa shape index (κ1) is 24.4. The van der Waals surface area contributed by atoms with E-state index in [9.17, 15) is 14.4 Å². The van der Waals surface area contributed by atoms with E-state index in [1.165, 1.54) is 70.1 Å². The number of piperidine rings is 1. The molecule has 28 heavy (non-hydrogen) atoms. The van der Waals surface area contributed by atoms with Crippen LogP contribution in [0.5, 0.6) is 0 Å². The van der Waals surface area contributed by atoms with E-state index in [2.05, 4.69) is 10.2 Å². The van der Waals surface area contributed by atoms with Crippen molar-refractivity contribution in [2.24, 2.45) is 0 Å². The molecule has 1 heterocycles. The number of nitrogens with one attached hydrogen (secondary N) is 2. The molecule has 0 aromatic carbocycles. The fraction of sp³-hybridized carbons (Fsp3) is 0.850. The highest BCUT2D eigenvalue weighted by Crippen LogP contribution is 2.12. The number of carboxylic acids is 1. The summed E-state index contributed by atoms with van der Waals surface area (Å²) in [5.41, 5.74) is 1.47. The van der Waals surface area contributed by atoms with Crippen LogP contribution in [-0.2, 0) is 14.4 Å². The molecule has 0 aromatic heterocycles. The van der Waals surface area contributed by atoms with Crippen LogP contribution in [0.4, 0.5) is 0 Å². The van der Waals surface area contributed by atoms with Gasteiger partial charge in [0.2, 0.25) is 5.91 Å². The predicted octanol–water partition coefficient (Wildman–Crippen LogP) is 2.45. The summed E-state index contributed by atoms with van der Waals surface area (Å²) in [6.45, 7) is 3.75. The topological polar surface area (TPSA) is 119 Å². The summed E-state index contributed by atoms with van der Waals surface area (Å²) in [6, 6.07) is -1.02. The highest BCUT2D eigenvalue weighted by Gasteiger charge is 2.21. The highest BCUT2D eigenvalue weighted by atomic mass is 16.5. The lowest BCUT2D eigenvalue weighted by atomic mass is 10.1. The van der Waals surface area contributed by atoms with Crippen LogP contribution in [0.25, 0.3) is 0 Å². The Labute approximate surface area is 168 Å². The predicted molar refractivity (Wildman–Crippen MR) is 106 cm³/mol. The van der Waals surface area contributed by atoms with Gasteiger partial charge in [0.25, 0.3) is 5.91 Å². The van der Waals surface area contributed by atoms with Crippen LogP contribution < -0.4 is 10.8 Å². The monoisotopic (exact) mass is 399 g/mol. The number of carbonyl (C=O) groups is 3. The van der Waals surface area contributed by atoms with Crippen molar-refractivity contribution in [3.63, 3.8) is 0 Å². The first-order chi connectivity index (χ1) is 13.5. The van der Waals surface area contributed by atoms with Crippen molar-refractivity contribution >= 4 is 17.8 Å². The molecule has 1 saturated heterocycles. The zero-order chi connectivity index (χ0) is 20.6. The number of carbonyl (C=O) groups excluding carboxylic acids is 2. The maximum absolute atomic E-state index is 11.9. The summed E-state index contributed by atoms with van der Waals surface area (Å²) in [7, 11) is 0. The second-order valence-corrected chi connectivity index (χ2v) is 7.66. The minimum Gasteiger partial charge on any atom is -0.481 e. The number of rotatable bonds is 15. The quantitative estimate of drug-likeness (QED) is 0.191. The summed E-state index contributed by atoms with van der Waals surface area (Å²) >= 11 is 0. The van der Waals surface area contributed by atoms with Crippen LogP contribution in [0.15, 0.2) is 0 Å². The van der Waals surface area contributed by atoms with E-state index < -0.39 is 17.9 Å². The summed E-state index contributed by atoms with van der Waals surface area (Å²) in [4.78, 5) is 36.6. The van der Waals surface area contributed by atoms with Crippen molar-refractivity contribution in [1.29, 1.82) is 0 Å². The van der Waals surface area contributed by atoms with E-state index >= 15 is 0 Å². The number of likely N-dealkylation sites (tertiary alicyclic amines) is 1. The van der Waals surface area contributed by atoms with Crippen LogP contribution in [0.3, 0.4) is 0 Å². The SMILES string of the molecule is O=C(O)CC[C@@H](NC(=O)CCCCCCCCCN1CCCCC1)C(=O)NO. The molecule has 0 spiro atoms. The maximum Gasteiger partial charge on any atom is 0.303 e. The van der Waals surface area contributed by atoms with Gasteiger partial charge in [-0.15, -0.1) is 0 Å². The van der Waals surface area contributed by atoms with Gasteiger partial charge in [-0.2, -0.15) is 0 Å². The second kappa shape index (κ2) is 15.3. The molecular formula is C20H37N3O5. The fourth-order valence-corrected chi connectivity index (χ4v) is 3.57. The number of hydrogen-bond donors (Lipinski definition) is 4. The van der Waals surface area contributed by atoms with Crippen molar-refractivity contribution in [2.75, 3.05) is 19.6 Å². The smallest absolute Gasteiger partial charge is 0.303 e. The Hall–Kier alpha value is -1.67. The molecule has 1 aliphatic rings. The van der Waals surface area contributed by atoms with Gasteiger partial charge in [-0.25, -0.2) is 5.48 Å². The van der Waals surface area contributed by atoms with E-state index in [-0.39, 0.29) is 18.7 Å². The number of hydroxylamine groups is 1. The maximum atomic E-state index is 11.9. The van der Waals surface area contributed by atoms with Gasteiger partial charge in [0.05, 0.1) is 0 Å². The normalized spacial score (nSPS) is 15.8. The van der Waals surface area contributed by atoms with Crippen LogP contribution >= 0.6 is 0 Å². The molecule has 0 unspecified atom stereocenters. The molecule has 2 amide bonds. The molecule has 0 saturated carbocycles. The van der Waals surface area contributed by atoms with Crippen LogP contribution in [0.1, 0.15) is 83.5 Å². The molecule has 0 aliphatic carbocycles. The van der Waals surface area contributed by atoms with Gasteiger partial charge in [-0.3, -0.25) is 19.6 Å². The zero-order valence-corrected chi connectivity index (χ0v) is 17.0. The van der Waals surface area contributed by atoms with E-state index in [4.69, 9.17) is 10.3 Å². The lowest BCUT2D eigenvalue weighted by Crippen LogP contribution is -2.46. The Balaban J connectivity index is 2.00. The van der Waals surface area contributed by atoms with E-state index in [0.717, 1.165) is 19.3 Å². The second-order valence-electron chi connectivity index (χ2n) is 7.66. The number of carboxylic acid groups (broad SMARTS) is 1. The highest BCUT2D eigenvalue weighted by molar-refractivity contribution is 5.87. The molecular weight excluding hydrogens is 362 g/mol. The summed E-state index contributed by atoms with van der Waals surface area (Å²) in [5.74, 6) is -2.14. The van der Waals surface area contributed by atoms with Crippen molar-refractivity contribution in [3.8, 4) is 0 Å². The Morgan fingerprint density at radius 3 is 2.07 bits per heavy atom. The number of unbranched alkanes of at least 4 members (excludes halogenated alkanes) is 6. The largest absolute Gasteiger partial charge is 0.481 e. The Morgan fingerprint density at radius 1 is 0.857 bits per heavy atom. The molecule has 1 atom stereocenters. The fourth-order valence-electron chi connectivity index (χ4n) is 3.57. The van der Waals surface area contributed by atoms with Crippen LogP contribution in [-0.4, -0.2) is 58.7 Å². The van der Waals surface area contributed by atoms with Gasteiger partial charge in [-0.05, 0) is 51.7 Å². The molecule has 0 aromatic rings. The van der Waals surface area contributed by atoms with Gasteiger partial charge in [-0.1, -0.05) is 38.5 Å². The molecule has 0 bridgehead atoms. The number of nitrogens with zero attached hydrogens (tertiary/aromatic N) is 1. The standard InChI is InChI=1S/C20H37N3O5/c24-18(21-17(20(27)22-28)12-13-19(25)26)11-7-4-2-1-3-5-8-14-23-15-9-6-10-16-23/h17,28H,1-16H2,(H,21,24)(H,22,27)(H,25,26)/t17-/m1/s1. The van der Waals surface area contributed by atoms with Gasteiger partial charge < -0.3 is 15.3 Å². The molecule has 8 heteroatoms. The Morgan fingerprint density at radius 2 is 1.46 bits per heavy atom. The minimum atomic E-state index is -1.05.